The zero-order valence-corrected chi connectivity index (χ0v) is 13.9. The molecule has 0 saturated carbocycles. The molecule has 2 aromatic rings. The Kier molecular flexibility index (Phi) is 4.88. The number of carbonyl (C=O) groups excluding carboxylic acids is 2. The van der Waals surface area contributed by atoms with Crippen molar-refractivity contribution in [1.82, 2.24) is 15.6 Å². The molecule has 0 spiro atoms. The zero-order chi connectivity index (χ0) is 16.2. The van der Waals surface area contributed by atoms with Gasteiger partial charge in [-0.25, -0.2) is 4.98 Å². The third-order valence-corrected chi connectivity index (χ3v) is 4.22. The first-order valence-corrected chi connectivity index (χ1v) is 8.18. The predicted molar refractivity (Wildman–Crippen MR) is 87.3 cm³/mol. The number of carbonyl (C=O) groups is 2. The Balaban J connectivity index is 1.56. The topological polar surface area (TPSA) is 84.2 Å². The molecule has 2 N–H and O–H groups in total. The van der Waals surface area contributed by atoms with Gasteiger partial charge in [-0.1, -0.05) is 28.1 Å². The molecule has 1 saturated heterocycles. The molecule has 7 heteroatoms. The lowest BCUT2D eigenvalue weighted by Crippen LogP contribution is -2.29. The molecule has 1 aromatic heterocycles. The monoisotopic (exact) mass is 377 g/mol. The molecule has 3 rings (SSSR count). The molecule has 1 aliphatic heterocycles. The lowest BCUT2D eigenvalue weighted by molar-refractivity contribution is 0.0900. The van der Waals surface area contributed by atoms with Gasteiger partial charge in [0.2, 0.25) is 5.89 Å². The maximum absolute atomic E-state index is 12.0. The molecular formula is C16H16BrN3O3. The van der Waals surface area contributed by atoms with Gasteiger partial charge in [-0.3, -0.25) is 9.59 Å². The molecule has 1 aromatic carbocycles. The maximum atomic E-state index is 12.0. The number of aromatic nitrogens is 1. The third-order valence-electron chi connectivity index (χ3n) is 3.69. The number of hydrogen-bond donors (Lipinski definition) is 2. The summed E-state index contributed by atoms with van der Waals surface area (Å²) in [6.45, 7) is 0.848. The van der Waals surface area contributed by atoms with Crippen molar-refractivity contribution in [3.8, 4) is 0 Å². The van der Waals surface area contributed by atoms with E-state index in [1.165, 1.54) is 6.26 Å². The van der Waals surface area contributed by atoms with Crippen LogP contribution in [0.1, 0.15) is 45.6 Å². The lowest BCUT2D eigenvalue weighted by atomic mass is 10.1. The van der Waals surface area contributed by atoms with Crippen LogP contribution in [0.4, 0.5) is 0 Å². The minimum Gasteiger partial charge on any atom is -0.446 e. The number of rotatable bonds is 5. The largest absolute Gasteiger partial charge is 0.446 e. The molecule has 23 heavy (non-hydrogen) atoms. The first kappa shape index (κ1) is 15.9. The Morgan fingerprint density at radius 1 is 1.35 bits per heavy atom. The highest BCUT2D eigenvalue weighted by Crippen LogP contribution is 2.22. The standard InChI is InChI=1S/C16H16BrN3O3/c17-11-5-3-10(4-6-11)14(21)8-19-15(22)13-9-23-16(20-13)12-2-1-7-18-12/h3-6,9,12,18H,1-2,7-8H2,(H,19,22). The van der Waals surface area contributed by atoms with E-state index in [-0.39, 0.29) is 24.1 Å². The van der Waals surface area contributed by atoms with Gasteiger partial charge in [-0.15, -0.1) is 0 Å². The summed E-state index contributed by atoms with van der Waals surface area (Å²) in [6.07, 6.45) is 3.34. The minimum atomic E-state index is -0.413. The number of amides is 1. The quantitative estimate of drug-likeness (QED) is 0.781. The number of Topliss-reactive ketones (excluding diaryl/α,β-unsaturated/α-hetero) is 1. The number of halogens is 1. The highest BCUT2D eigenvalue weighted by Gasteiger charge is 2.23. The summed E-state index contributed by atoms with van der Waals surface area (Å²) < 4.78 is 6.25. The van der Waals surface area contributed by atoms with E-state index < -0.39 is 5.91 Å². The fourth-order valence-electron chi connectivity index (χ4n) is 2.44. The predicted octanol–water partition coefficient (Wildman–Crippen LogP) is 2.47. The van der Waals surface area contributed by atoms with Crippen LogP contribution in [0.25, 0.3) is 0 Å². The van der Waals surface area contributed by atoms with E-state index >= 15 is 0 Å². The Hall–Kier alpha value is -1.99. The molecule has 0 radical (unpaired) electrons. The van der Waals surface area contributed by atoms with E-state index in [1.54, 1.807) is 24.3 Å². The van der Waals surface area contributed by atoms with E-state index in [4.69, 9.17) is 4.42 Å². The highest BCUT2D eigenvalue weighted by atomic mass is 79.9. The van der Waals surface area contributed by atoms with Crippen molar-refractivity contribution < 1.29 is 14.0 Å². The molecule has 0 bridgehead atoms. The van der Waals surface area contributed by atoms with Crippen LogP contribution in [0.5, 0.6) is 0 Å². The molecule has 1 atom stereocenters. The Morgan fingerprint density at radius 2 is 2.13 bits per heavy atom. The highest BCUT2D eigenvalue weighted by molar-refractivity contribution is 9.10. The van der Waals surface area contributed by atoms with Gasteiger partial charge in [-0.2, -0.15) is 0 Å². The summed E-state index contributed by atoms with van der Waals surface area (Å²) in [5.74, 6) is -0.0534. The van der Waals surface area contributed by atoms with Crippen molar-refractivity contribution in [2.45, 2.75) is 18.9 Å². The van der Waals surface area contributed by atoms with Crippen molar-refractivity contribution in [2.24, 2.45) is 0 Å². The Labute approximate surface area is 141 Å². The zero-order valence-electron chi connectivity index (χ0n) is 12.3. The first-order chi connectivity index (χ1) is 11.1. The van der Waals surface area contributed by atoms with Crippen molar-refractivity contribution in [1.29, 1.82) is 0 Å². The summed E-state index contributed by atoms with van der Waals surface area (Å²) in [4.78, 5) is 28.3. The Bertz CT molecular complexity index is 706. The normalized spacial score (nSPS) is 17.2. The molecular weight excluding hydrogens is 362 g/mol. The Morgan fingerprint density at radius 3 is 2.83 bits per heavy atom. The van der Waals surface area contributed by atoms with Crippen molar-refractivity contribution in [3.05, 3.63) is 52.1 Å². The van der Waals surface area contributed by atoms with Gasteiger partial charge >= 0.3 is 0 Å². The van der Waals surface area contributed by atoms with Gasteiger partial charge in [0.15, 0.2) is 11.5 Å². The van der Waals surface area contributed by atoms with Crippen LogP contribution in [0.3, 0.4) is 0 Å². The van der Waals surface area contributed by atoms with E-state index in [2.05, 4.69) is 31.5 Å². The van der Waals surface area contributed by atoms with Crippen molar-refractivity contribution >= 4 is 27.6 Å². The van der Waals surface area contributed by atoms with E-state index in [9.17, 15) is 9.59 Å². The lowest BCUT2D eigenvalue weighted by Gasteiger charge is -2.04. The van der Waals surface area contributed by atoms with Gasteiger partial charge in [0.1, 0.15) is 6.26 Å². The number of ketones is 1. The minimum absolute atomic E-state index is 0.0703. The van der Waals surface area contributed by atoms with E-state index in [0.717, 1.165) is 23.9 Å². The smallest absolute Gasteiger partial charge is 0.273 e. The number of nitrogens with zero attached hydrogens (tertiary/aromatic N) is 1. The van der Waals surface area contributed by atoms with E-state index in [0.29, 0.717) is 11.5 Å². The maximum Gasteiger partial charge on any atom is 0.273 e. The molecule has 0 aliphatic carbocycles. The van der Waals surface area contributed by atoms with Gasteiger partial charge in [0.05, 0.1) is 12.6 Å². The number of oxazole rings is 1. The molecule has 2 heterocycles. The van der Waals surface area contributed by atoms with Crippen LogP contribution in [-0.4, -0.2) is 29.8 Å². The second kappa shape index (κ2) is 7.06. The third kappa shape index (κ3) is 3.86. The number of hydrogen-bond acceptors (Lipinski definition) is 5. The van der Waals surface area contributed by atoms with Gasteiger partial charge in [0, 0.05) is 10.0 Å². The second-order valence-electron chi connectivity index (χ2n) is 5.33. The summed E-state index contributed by atoms with van der Waals surface area (Å²) >= 11 is 3.31. The SMILES string of the molecule is O=C(CNC(=O)c1coc(C2CCCN2)n1)c1ccc(Br)cc1. The second-order valence-corrected chi connectivity index (χ2v) is 6.25. The van der Waals surface area contributed by atoms with Crippen molar-refractivity contribution in [2.75, 3.05) is 13.1 Å². The van der Waals surface area contributed by atoms with Gasteiger partial charge in [-0.05, 0) is 31.5 Å². The molecule has 120 valence electrons. The fraction of sp³-hybridized carbons (Fsp3) is 0.312. The summed E-state index contributed by atoms with van der Waals surface area (Å²) in [6, 6.07) is 7.05. The molecule has 1 fully saturated rings. The molecule has 6 nitrogen and oxygen atoms in total. The fourth-order valence-corrected chi connectivity index (χ4v) is 2.70. The molecule has 1 amide bonds. The van der Waals surface area contributed by atoms with Gasteiger partial charge < -0.3 is 15.1 Å². The first-order valence-electron chi connectivity index (χ1n) is 7.39. The van der Waals surface area contributed by atoms with Crippen LogP contribution < -0.4 is 10.6 Å². The van der Waals surface area contributed by atoms with Crippen LogP contribution in [-0.2, 0) is 0 Å². The van der Waals surface area contributed by atoms with Crippen molar-refractivity contribution in [3.63, 3.8) is 0 Å². The summed E-state index contributed by atoms with van der Waals surface area (Å²) in [5, 5.41) is 5.83. The van der Waals surface area contributed by atoms with Gasteiger partial charge in [0.25, 0.3) is 5.91 Å². The van der Waals surface area contributed by atoms with Crippen LogP contribution in [0.15, 0.2) is 39.4 Å². The summed E-state index contributed by atoms with van der Waals surface area (Å²) in [5.41, 5.74) is 0.738. The molecule has 1 unspecified atom stereocenters. The van der Waals surface area contributed by atoms with Crippen LogP contribution in [0, 0.1) is 0 Å². The average molecular weight is 378 g/mol. The van der Waals surface area contributed by atoms with E-state index in [1.807, 2.05) is 0 Å². The number of benzene rings is 1. The molecule has 1 aliphatic rings. The number of nitrogens with one attached hydrogen (secondary N) is 2. The van der Waals surface area contributed by atoms with Crippen LogP contribution >= 0.6 is 15.9 Å². The summed E-state index contributed by atoms with van der Waals surface area (Å²) in [7, 11) is 0. The average Bonchev–Trinajstić information content (AvgIpc) is 3.23. The van der Waals surface area contributed by atoms with Crippen LogP contribution in [0.2, 0.25) is 0 Å².